The number of nitrogens with zero attached hydrogens (tertiary/aromatic N) is 8. The van der Waals surface area contributed by atoms with Crippen molar-refractivity contribution in [2.24, 2.45) is 0 Å². The highest BCUT2D eigenvalue weighted by Gasteiger charge is 2.41. The third-order valence-corrected chi connectivity index (χ3v) is 9.70. The maximum absolute atomic E-state index is 14.8. The van der Waals surface area contributed by atoms with Gasteiger partial charge in [-0.3, -0.25) is 14.8 Å². The zero-order chi connectivity index (χ0) is 35.8. The van der Waals surface area contributed by atoms with Crippen LogP contribution in [-0.2, 0) is 28.7 Å². The van der Waals surface area contributed by atoms with Gasteiger partial charge in [-0.1, -0.05) is 6.08 Å². The standard InChI is InChI=1S/C34H41F4N9O3/c1-21-13-26-25(16-40-43-26)30(29(21)34(36,37)38)45-9-8-24-27(18-45)41-32(50-19-22-14-33(2,35)20-44(22)4)42-31(24)46-10-11-47(23(17-46)15-39-3)28(48)7-6-12-49-5/h6-7,13,16,22-23H,8-12,14-15,17-20H2,1-2,4-5H3,(H,40,43)/b7-6+/t22-,23-,33?/m0/s1. The van der Waals surface area contributed by atoms with Gasteiger partial charge in [-0.15, -0.1) is 0 Å². The Morgan fingerprint density at radius 1 is 1.22 bits per heavy atom. The third kappa shape index (κ3) is 7.20. The molecule has 16 heteroatoms. The van der Waals surface area contributed by atoms with Gasteiger partial charge in [0, 0.05) is 69.3 Å². The number of aromatic nitrogens is 4. The lowest BCUT2D eigenvalue weighted by molar-refractivity contribution is -0.137. The van der Waals surface area contributed by atoms with Crippen LogP contribution in [0.1, 0.15) is 35.7 Å². The minimum absolute atomic E-state index is 0.0371. The van der Waals surface area contributed by atoms with Crippen LogP contribution >= 0.6 is 0 Å². The molecular weight excluding hydrogens is 658 g/mol. The predicted molar refractivity (Wildman–Crippen MR) is 179 cm³/mol. The molecule has 1 unspecified atom stereocenters. The number of halogens is 4. The number of rotatable bonds is 9. The van der Waals surface area contributed by atoms with E-state index in [-0.39, 0.29) is 75.0 Å². The molecule has 3 aliphatic heterocycles. The molecule has 3 atom stereocenters. The Morgan fingerprint density at radius 2 is 2.02 bits per heavy atom. The van der Waals surface area contributed by atoms with E-state index in [0.29, 0.717) is 48.5 Å². The maximum atomic E-state index is 14.8. The number of likely N-dealkylation sites (tertiary alicyclic amines) is 1. The summed E-state index contributed by atoms with van der Waals surface area (Å²) in [6, 6.07) is 0.849. The molecule has 5 heterocycles. The number of piperazine rings is 1. The van der Waals surface area contributed by atoms with Crippen molar-refractivity contribution in [2.45, 2.75) is 57.2 Å². The van der Waals surface area contributed by atoms with Crippen molar-refractivity contribution >= 4 is 28.3 Å². The van der Waals surface area contributed by atoms with Gasteiger partial charge in [-0.25, -0.2) is 11.0 Å². The topological polar surface area (TPSA) is 107 Å². The van der Waals surface area contributed by atoms with Gasteiger partial charge in [0.1, 0.15) is 24.1 Å². The van der Waals surface area contributed by atoms with E-state index in [0.717, 1.165) is 5.56 Å². The molecule has 2 fully saturated rings. The van der Waals surface area contributed by atoms with Crippen molar-refractivity contribution in [1.29, 1.82) is 0 Å². The van der Waals surface area contributed by atoms with E-state index >= 15 is 0 Å². The van der Waals surface area contributed by atoms with E-state index in [1.54, 1.807) is 22.8 Å². The summed E-state index contributed by atoms with van der Waals surface area (Å²) in [4.78, 5) is 33.4. The van der Waals surface area contributed by atoms with Gasteiger partial charge in [0.25, 0.3) is 0 Å². The third-order valence-electron chi connectivity index (χ3n) is 9.70. The van der Waals surface area contributed by atoms with Crippen LogP contribution in [0.15, 0.2) is 24.4 Å². The van der Waals surface area contributed by atoms with Crippen LogP contribution in [0.2, 0.25) is 0 Å². The Balaban J connectivity index is 1.36. The monoisotopic (exact) mass is 699 g/mol. The molecule has 3 aliphatic rings. The molecule has 1 aromatic carbocycles. The number of hydrogen-bond acceptors (Lipinski definition) is 9. The molecule has 2 saturated heterocycles. The smallest absolute Gasteiger partial charge is 0.418 e. The number of likely N-dealkylation sites (N-methyl/N-ethyl adjacent to an activating group) is 1. The largest absolute Gasteiger partial charge is 0.462 e. The van der Waals surface area contributed by atoms with Crippen LogP contribution in [0.25, 0.3) is 15.7 Å². The van der Waals surface area contributed by atoms with E-state index < -0.39 is 23.5 Å². The predicted octanol–water partition coefficient (Wildman–Crippen LogP) is 4.19. The normalized spacial score (nSPS) is 23.1. The zero-order valence-electron chi connectivity index (χ0n) is 28.6. The Morgan fingerprint density at radius 3 is 2.72 bits per heavy atom. The molecule has 6 rings (SSSR count). The van der Waals surface area contributed by atoms with Crippen molar-refractivity contribution in [3.05, 3.63) is 58.2 Å². The van der Waals surface area contributed by atoms with Gasteiger partial charge in [0.15, 0.2) is 0 Å². The molecule has 12 nitrogen and oxygen atoms in total. The SMILES string of the molecule is [C-]#[N+]C[C@H]1CN(c2nc(OC[C@@H]3CC(C)(F)CN3C)nc3c2CCN(c2c(C(F)(F)F)c(C)cc4[nH]ncc24)C3)CCN1C(=O)/C=C/COC. The highest BCUT2D eigenvalue weighted by atomic mass is 19.4. The average Bonchev–Trinajstić information content (AvgIpc) is 3.63. The van der Waals surface area contributed by atoms with Gasteiger partial charge >= 0.3 is 12.2 Å². The van der Waals surface area contributed by atoms with Crippen LogP contribution in [0.3, 0.4) is 0 Å². The van der Waals surface area contributed by atoms with E-state index in [1.807, 2.05) is 16.8 Å². The number of amides is 1. The molecule has 0 spiro atoms. The van der Waals surface area contributed by atoms with Gasteiger partial charge in [-0.05, 0) is 38.9 Å². The van der Waals surface area contributed by atoms with Crippen LogP contribution in [0, 0.1) is 13.5 Å². The first-order chi connectivity index (χ1) is 23.8. The molecule has 0 bridgehead atoms. The fourth-order valence-corrected chi connectivity index (χ4v) is 7.45. The van der Waals surface area contributed by atoms with Crippen molar-refractivity contribution in [1.82, 2.24) is 30.0 Å². The van der Waals surface area contributed by atoms with Gasteiger partial charge in [-0.2, -0.15) is 28.2 Å². The molecule has 1 amide bonds. The minimum atomic E-state index is -4.61. The highest BCUT2D eigenvalue weighted by Crippen LogP contribution is 2.44. The Hall–Kier alpha value is -4.49. The first-order valence-corrected chi connectivity index (χ1v) is 16.5. The number of aromatic amines is 1. The number of methoxy groups -OCH3 is 1. The molecule has 2 aromatic heterocycles. The second-order valence-corrected chi connectivity index (χ2v) is 13.5. The van der Waals surface area contributed by atoms with Crippen molar-refractivity contribution in [3.8, 4) is 6.01 Å². The van der Waals surface area contributed by atoms with Crippen molar-refractivity contribution < 1.29 is 31.8 Å². The number of H-pyrrole nitrogens is 1. The first kappa shape index (κ1) is 35.3. The fourth-order valence-electron chi connectivity index (χ4n) is 7.45. The Bertz CT molecular complexity index is 1800. The molecule has 268 valence electrons. The lowest BCUT2D eigenvalue weighted by Gasteiger charge is -2.41. The van der Waals surface area contributed by atoms with E-state index in [1.165, 1.54) is 32.4 Å². The lowest BCUT2D eigenvalue weighted by atomic mass is 9.98. The van der Waals surface area contributed by atoms with Gasteiger partial charge < -0.3 is 29.0 Å². The number of nitrogens with one attached hydrogen (secondary N) is 1. The fraction of sp³-hybridized carbons (Fsp3) is 0.559. The second-order valence-electron chi connectivity index (χ2n) is 13.5. The average molecular weight is 700 g/mol. The summed E-state index contributed by atoms with van der Waals surface area (Å²) < 4.78 is 69.7. The molecule has 0 saturated carbocycles. The molecule has 0 aliphatic carbocycles. The van der Waals surface area contributed by atoms with E-state index in [2.05, 4.69) is 15.0 Å². The Labute approximate surface area is 287 Å². The van der Waals surface area contributed by atoms with E-state index in [9.17, 15) is 22.4 Å². The number of carbonyl (C=O) groups excluding carboxylic acids is 1. The molecule has 3 aromatic rings. The number of aryl methyl sites for hydroxylation is 1. The van der Waals surface area contributed by atoms with E-state index in [4.69, 9.17) is 26.0 Å². The highest BCUT2D eigenvalue weighted by molar-refractivity contribution is 5.95. The zero-order valence-corrected chi connectivity index (χ0v) is 28.6. The molecular formula is C34H41F4N9O3. The first-order valence-electron chi connectivity index (χ1n) is 16.5. The number of carbonyl (C=O) groups is 1. The van der Waals surface area contributed by atoms with Crippen molar-refractivity contribution in [2.75, 3.05) is 76.4 Å². The summed E-state index contributed by atoms with van der Waals surface area (Å²) in [5, 5.41) is 7.20. The maximum Gasteiger partial charge on any atom is 0.418 e. The second kappa shape index (κ2) is 14.0. The summed E-state index contributed by atoms with van der Waals surface area (Å²) >= 11 is 0. The number of fused-ring (bicyclic) bond motifs is 2. The number of anilines is 2. The summed E-state index contributed by atoms with van der Waals surface area (Å²) in [5.41, 5.74) is -0.176. The summed E-state index contributed by atoms with van der Waals surface area (Å²) in [6.45, 7) is 12.7. The number of alkyl halides is 4. The van der Waals surface area contributed by atoms with Gasteiger partial charge in [0.05, 0.1) is 41.8 Å². The van der Waals surface area contributed by atoms with Crippen LogP contribution in [-0.4, -0.2) is 120 Å². The lowest BCUT2D eigenvalue weighted by Crippen LogP contribution is -2.56. The summed E-state index contributed by atoms with van der Waals surface area (Å²) in [7, 11) is 3.36. The van der Waals surface area contributed by atoms with Crippen molar-refractivity contribution in [3.63, 3.8) is 0 Å². The number of ether oxygens (including phenoxy) is 2. The molecule has 50 heavy (non-hydrogen) atoms. The van der Waals surface area contributed by atoms with Crippen LogP contribution in [0.5, 0.6) is 6.01 Å². The van der Waals surface area contributed by atoms with Crippen LogP contribution < -0.4 is 14.5 Å². The quantitative estimate of drug-likeness (QED) is 0.200. The number of benzene rings is 1. The Kier molecular flexibility index (Phi) is 9.91. The molecule has 0 radical (unpaired) electrons. The minimum Gasteiger partial charge on any atom is -0.462 e. The summed E-state index contributed by atoms with van der Waals surface area (Å²) in [5.74, 6) is 0.343. The van der Waals surface area contributed by atoms with Crippen LogP contribution in [0.4, 0.5) is 29.1 Å². The summed E-state index contributed by atoms with van der Waals surface area (Å²) in [6.07, 6.45) is 0.492. The number of hydrogen-bond donors (Lipinski definition) is 1. The van der Waals surface area contributed by atoms with Gasteiger partial charge in [0.2, 0.25) is 12.5 Å². The molecule has 1 N–H and O–H groups in total.